The monoisotopic (exact) mass is 231 g/mol. The number of aryl methyl sites for hydroxylation is 1. The van der Waals surface area contributed by atoms with Crippen LogP contribution in [0.1, 0.15) is 18.7 Å². The number of aromatic hydroxyl groups is 1. The summed E-state index contributed by atoms with van der Waals surface area (Å²) in [5.41, 5.74) is 1.85. The third kappa shape index (κ3) is 2.26. The number of phenols is 1. The maximum atomic E-state index is 9.39. The number of H-pyrrole nitrogens is 1. The van der Waals surface area contributed by atoms with Gasteiger partial charge in [0.05, 0.1) is 11.0 Å². The summed E-state index contributed by atoms with van der Waals surface area (Å²) in [7, 11) is 0. The smallest absolute Gasteiger partial charge is 0.117 e. The van der Waals surface area contributed by atoms with Gasteiger partial charge in [-0.05, 0) is 44.0 Å². The van der Waals surface area contributed by atoms with Crippen molar-refractivity contribution < 1.29 is 5.11 Å². The quantitative estimate of drug-likeness (QED) is 0.755. The van der Waals surface area contributed by atoms with E-state index in [1.54, 1.807) is 12.1 Å². The molecule has 1 aromatic carbocycles. The van der Waals surface area contributed by atoms with E-state index in [9.17, 15) is 5.11 Å². The number of rotatable bonds is 3. The first-order valence-electron chi connectivity index (χ1n) is 6.19. The highest BCUT2D eigenvalue weighted by Gasteiger charge is 2.14. The Morgan fingerprint density at radius 3 is 3.18 bits per heavy atom. The van der Waals surface area contributed by atoms with Crippen LogP contribution in [0.2, 0.25) is 0 Å². The average Bonchev–Trinajstić information content (AvgIpc) is 2.94. The van der Waals surface area contributed by atoms with Gasteiger partial charge in [-0.1, -0.05) is 0 Å². The maximum absolute atomic E-state index is 9.39. The summed E-state index contributed by atoms with van der Waals surface area (Å²) in [5.74, 6) is 2.10. The Balaban J connectivity index is 1.72. The Bertz CT molecular complexity index is 514. The highest BCUT2D eigenvalue weighted by Crippen LogP contribution is 2.20. The van der Waals surface area contributed by atoms with Gasteiger partial charge in [0, 0.05) is 12.5 Å². The largest absolute Gasteiger partial charge is 0.508 e. The lowest BCUT2D eigenvalue weighted by atomic mass is 10.0. The Kier molecular flexibility index (Phi) is 2.73. The summed E-state index contributed by atoms with van der Waals surface area (Å²) in [6.07, 6.45) is 3.45. The predicted molar refractivity (Wildman–Crippen MR) is 67.1 cm³/mol. The number of nitrogens with one attached hydrogen (secondary N) is 2. The van der Waals surface area contributed by atoms with E-state index in [4.69, 9.17) is 0 Å². The van der Waals surface area contributed by atoms with Crippen LogP contribution in [-0.2, 0) is 6.42 Å². The molecule has 90 valence electrons. The number of hydrogen-bond acceptors (Lipinski definition) is 3. The molecule has 1 unspecified atom stereocenters. The molecule has 2 aromatic rings. The Morgan fingerprint density at radius 2 is 2.35 bits per heavy atom. The van der Waals surface area contributed by atoms with Gasteiger partial charge >= 0.3 is 0 Å². The van der Waals surface area contributed by atoms with Gasteiger partial charge in [-0.2, -0.15) is 0 Å². The molecule has 1 aliphatic rings. The molecule has 1 saturated heterocycles. The number of benzene rings is 1. The van der Waals surface area contributed by atoms with Crippen LogP contribution in [0.15, 0.2) is 18.2 Å². The predicted octanol–water partition coefficient (Wildman–Crippen LogP) is 1.81. The SMILES string of the molecule is Oc1ccc2nc(CCC3CCNC3)[nH]c2c1. The first-order chi connectivity index (χ1) is 8.31. The van der Waals surface area contributed by atoms with Crippen molar-refractivity contribution in [3.63, 3.8) is 0 Å². The van der Waals surface area contributed by atoms with Crippen molar-refractivity contribution in [3.05, 3.63) is 24.0 Å². The summed E-state index contributed by atoms with van der Waals surface area (Å²) in [4.78, 5) is 7.80. The number of aromatic nitrogens is 2. The molecule has 1 atom stereocenters. The molecule has 4 nitrogen and oxygen atoms in total. The van der Waals surface area contributed by atoms with Crippen LogP contribution in [0.3, 0.4) is 0 Å². The number of aromatic amines is 1. The zero-order valence-electron chi connectivity index (χ0n) is 9.74. The number of fused-ring (bicyclic) bond motifs is 1. The Hall–Kier alpha value is -1.55. The lowest BCUT2D eigenvalue weighted by Gasteiger charge is -2.05. The van der Waals surface area contributed by atoms with Crippen LogP contribution < -0.4 is 5.32 Å². The van der Waals surface area contributed by atoms with Gasteiger partial charge in [0.1, 0.15) is 11.6 Å². The molecule has 1 aliphatic heterocycles. The van der Waals surface area contributed by atoms with Crippen LogP contribution in [0, 0.1) is 5.92 Å². The molecule has 0 saturated carbocycles. The first kappa shape index (κ1) is 10.6. The van der Waals surface area contributed by atoms with Crippen LogP contribution in [0.25, 0.3) is 11.0 Å². The third-order valence-corrected chi connectivity index (χ3v) is 3.47. The van der Waals surface area contributed by atoms with Gasteiger partial charge < -0.3 is 15.4 Å². The molecule has 0 bridgehead atoms. The summed E-state index contributed by atoms with van der Waals surface area (Å²) in [5, 5.41) is 12.8. The number of hydrogen-bond donors (Lipinski definition) is 3. The summed E-state index contributed by atoms with van der Waals surface area (Å²) in [6.45, 7) is 2.29. The molecule has 0 amide bonds. The minimum absolute atomic E-state index is 0.285. The van der Waals surface area contributed by atoms with E-state index in [1.165, 1.54) is 12.8 Å². The molecule has 1 aromatic heterocycles. The van der Waals surface area contributed by atoms with Crippen molar-refractivity contribution in [1.82, 2.24) is 15.3 Å². The minimum atomic E-state index is 0.285. The van der Waals surface area contributed by atoms with Crippen molar-refractivity contribution in [2.45, 2.75) is 19.3 Å². The second kappa shape index (κ2) is 4.37. The van der Waals surface area contributed by atoms with E-state index in [2.05, 4.69) is 15.3 Å². The van der Waals surface area contributed by atoms with Gasteiger partial charge in [-0.3, -0.25) is 0 Å². The number of nitrogens with zero attached hydrogens (tertiary/aromatic N) is 1. The molecule has 17 heavy (non-hydrogen) atoms. The summed E-state index contributed by atoms with van der Waals surface area (Å²) >= 11 is 0. The van der Waals surface area contributed by atoms with Crippen molar-refractivity contribution in [3.8, 4) is 5.75 Å². The molecule has 0 spiro atoms. The molecule has 0 radical (unpaired) electrons. The van der Waals surface area contributed by atoms with Gasteiger partial charge in [-0.15, -0.1) is 0 Å². The van der Waals surface area contributed by atoms with E-state index in [-0.39, 0.29) is 5.75 Å². The van der Waals surface area contributed by atoms with Crippen molar-refractivity contribution in [1.29, 1.82) is 0 Å². The number of imidazole rings is 1. The fourth-order valence-corrected chi connectivity index (χ4v) is 2.47. The van der Waals surface area contributed by atoms with Gasteiger partial charge in [0.15, 0.2) is 0 Å². The lowest BCUT2D eigenvalue weighted by molar-refractivity contribution is 0.476. The molecular weight excluding hydrogens is 214 g/mol. The topological polar surface area (TPSA) is 60.9 Å². The van der Waals surface area contributed by atoms with Crippen LogP contribution >= 0.6 is 0 Å². The normalized spacial score (nSPS) is 20.1. The second-order valence-corrected chi connectivity index (χ2v) is 4.78. The van der Waals surface area contributed by atoms with Gasteiger partial charge in [0.25, 0.3) is 0 Å². The van der Waals surface area contributed by atoms with Gasteiger partial charge in [-0.25, -0.2) is 4.98 Å². The van der Waals surface area contributed by atoms with Crippen molar-refractivity contribution in [2.24, 2.45) is 5.92 Å². The molecule has 4 heteroatoms. The molecule has 3 rings (SSSR count). The number of phenolic OH excluding ortho intramolecular Hbond substituents is 1. The van der Waals surface area contributed by atoms with E-state index in [1.807, 2.05) is 6.07 Å². The molecule has 2 heterocycles. The lowest BCUT2D eigenvalue weighted by Crippen LogP contribution is -2.09. The zero-order chi connectivity index (χ0) is 11.7. The summed E-state index contributed by atoms with van der Waals surface area (Å²) in [6, 6.07) is 5.25. The average molecular weight is 231 g/mol. The molecule has 0 aliphatic carbocycles. The molecular formula is C13H17N3O. The first-order valence-corrected chi connectivity index (χ1v) is 6.19. The van der Waals surface area contributed by atoms with Crippen molar-refractivity contribution in [2.75, 3.05) is 13.1 Å². The highest BCUT2D eigenvalue weighted by atomic mass is 16.3. The van der Waals surface area contributed by atoms with Crippen LogP contribution in [0.5, 0.6) is 5.75 Å². The van der Waals surface area contributed by atoms with E-state index in [0.29, 0.717) is 0 Å². The van der Waals surface area contributed by atoms with Crippen LogP contribution in [0.4, 0.5) is 0 Å². The zero-order valence-corrected chi connectivity index (χ0v) is 9.74. The Labute approximate surface area is 100 Å². The van der Waals surface area contributed by atoms with Gasteiger partial charge in [0.2, 0.25) is 0 Å². The van der Waals surface area contributed by atoms with Crippen LogP contribution in [-0.4, -0.2) is 28.2 Å². The fraction of sp³-hybridized carbons (Fsp3) is 0.462. The summed E-state index contributed by atoms with van der Waals surface area (Å²) < 4.78 is 0. The van der Waals surface area contributed by atoms with E-state index < -0.39 is 0 Å². The highest BCUT2D eigenvalue weighted by molar-refractivity contribution is 5.76. The standard InChI is InChI=1S/C13H17N3O/c17-10-2-3-11-12(7-10)16-13(15-11)4-1-9-5-6-14-8-9/h2-3,7,9,14,17H,1,4-6,8H2,(H,15,16). The van der Waals surface area contributed by atoms with Crippen molar-refractivity contribution >= 4 is 11.0 Å². The maximum Gasteiger partial charge on any atom is 0.117 e. The fourth-order valence-electron chi connectivity index (χ4n) is 2.47. The third-order valence-electron chi connectivity index (χ3n) is 3.47. The van der Waals surface area contributed by atoms with E-state index >= 15 is 0 Å². The molecule has 3 N–H and O–H groups in total. The molecule has 1 fully saturated rings. The Morgan fingerprint density at radius 1 is 1.41 bits per heavy atom. The van der Waals surface area contributed by atoms with E-state index in [0.717, 1.165) is 42.3 Å². The second-order valence-electron chi connectivity index (χ2n) is 4.78. The minimum Gasteiger partial charge on any atom is -0.508 e.